The number of aliphatic hydroxyl groups is 5. The summed E-state index contributed by atoms with van der Waals surface area (Å²) in [6.45, 7) is -1.69. The van der Waals surface area contributed by atoms with Gasteiger partial charge in [-0.1, -0.05) is 0 Å². The Morgan fingerprint density at radius 3 is 2.27 bits per heavy atom. The van der Waals surface area contributed by atoms with E-state index >= 15 is 0 Å². The predicted octanol–water partition coefficient (Wildman–Crippen LogP) is -4.43. The van der Waals surface area contributed by atoms with Crippen LogP contribution in [0.25, 0.3) is 11.2 Å². The molecule has 34 nitrogen and oxygen atoms in total. The molecule has 3 saturated heterocycles. The summed E-state index contributed by atoms with van der Waals surface area (Å²) in [7, 11) is -10.3. The van der Waals surface area contributed by atoms with Gasteiger partial charge in [0.2, 0.25) is 17.7 Å². The minimum absolute atomic E-state index is 0.0402. The van der Waals surface area contributed by atoms with Crippen LogP contribution in [0.4, 0.5) is 10.6 Å². The minimum atomic E-state index is -5.35. The normalized spacial score (nSPS) is 28.9. The van der Waals surface area contributed by atoms with E-state index in [2.05, 4.69) is 25.6 Å². The predicted molar refractivity (Wildman–Crippen MR) is 242 cm³/mol. The number of anilines is 1. The van der Waals surface area contributed by atoms with Crippen LogP contribution in [0.3, 0.4) is 0 Å². The van der Waals surface area contributed by atoms with E-state index < -0.39 is 188 Å². The second-order valence-electron chi connectivity index (χ2n) is 18.2. The number of likely N-dealkylation sites (tertiary alicyclic amines) is 1. The maximum absolute atomic E-state index is 13.4. The van der Waals surface area contributed by atoms with E-state index in [9.17, 15) is 88.2 Å². The molecule has 1 saturated carbocycles. The lowest BCUT2D eigenvalue weighted by Crippen LogP contribution is -2.71. The third kappa shape index (κ3) is 15.0. The number of fused-ring (bicyclic) bond motifs is 3. The molecular weight excluding hydrogens is 1050 g/mol. The van der Waals surface area contributed by atoms with E-state index in [-0.39, 0.29) is 48.6 Å². The number of rotatable bonds is 26. The van der Waals surface area contributed by atoms with Crippen molar-refractivity contribution in [3.63, 3.8) is 0 Å². The van der Waals surface area contributed by atoms with Crippen molar-refractivity contribution >= 4 is 74.3 Å². The lowest BCUT2D eigenvalue weighted by molar-refractivity contribution is -0.145. The number of carbonyl (C=O) groups is 7. The number of carboxylic acids is 3. The number of nitrogens with zero attached hydrogens (tertiary/aromatic N) is 5. The smallest absolute Gasteiger partial charge is 0.473 e. The van der Waals surface area contributed by atoms with Crippen molar-refractivity contribution in [1.82, 2.24) is 45.7 Å². The number of phosphoric acid groups is 2. The number of nitrogens with one attached hydrogen (secondary N) is 4. The van der Waals surface area contributed by atoms with Crippen LogP contribution in [0.1, 0.15) is 64.5 Å². The molecule has 16 N–H and O–H groups in total. The molecular formula is C39H58N10O24P2. The number of nitrogens with two attached hydrogens (primary N) is 1. The first kappa shape index (κ1) is 58.8. The summed E-state index contributed by atoms with van der Waals surface area (Å²) in [5, 5.41) is 91.0. The van der Waals surface area contributed by atoms with Gasteiger partial charge in [0, 0.05) is 25.4 Å². The van der Waals surface area contributed by atoms with E-state index in [1.807, 2.05) is 10.6 Å². The van der Waals surface area contributed by atoms with Gasteiger partial charge in [0.1, 0.15) is 60.6 Å². The number of β-amino-alcohol motifs (C(OH)–C–C–N with tert-alkyl or cyclic N) is 1. The number of amides is 5. The molecule has 0 radical (unpaired) electrons. The van der Waals surface area contributed by atoms with E-state index in [1.165, 1.54) is 15.8 Å². The molecule has 4 aliphatic rings. The van der Waals surface area contributed by atoms with Crippen molar-refractivity contribution in [1.29, 1.82) is 0 Å². The van der Waals surface area contributed by atoms with Crippen LogP contribution < -0.4 is 27.0 Å². The van der Waals surface area contributed by atoms with Gasteiger partial charge in [0.15, 0.2) is 17.7 Å². The Kier molecular flexibility index (Phi) is 19.4. The zero-order valence-electron chi connectivity index (χ0n) is 39.5. The number of hydrogen-bond acceptors (Lipinski definition) is 24. The van der Waals surface area contributed by atoms with Gasteiger partial charge >= 0.3 is 39.6 Å². The number of aliphatic carboxylic acids is 3. The number of phosphoric ester groups is 2. The molecule has 2 aromatic rings. The molecule has 17 unspecified atom stereocenters. The van der Waals surface area contributed by atoms with Gasteiger partial charge in [-0.15, -0.1) is 0 Å². The maximum atomic E-state index is 13.4. The number of hydrogen-bond donors (Lipinski definition) is 15. The average molecular weight is 1110 g/mol. The Morgan fingerprint density at radius 1 is 0.907 bits per heavy atom. The first-order valence-electron chi connectivity index (χ1n) is 23.1. The number of aromatic nitrogens is 4. The highest BCUT2D eigenvalue weighted by Crippen LogP contribution is 2.50. The third-order valence-corrected chi connectivity index (χ3v) is 15.1. The van der Waals surface area contributed by atoms with E-state index in [0.29, 0.717) is 0 Å². The van der Waals surface area contributed by atoms with Gasteiger partial charge in [0.05, 0.1) is 43.8 Å². The van der Waals surface area contributed by atoms with Crippen molar-refractivity contribution in [2.75, 3.05) is 25.5 Å². The van der Waals surface area contributed by atoms with Crippen LogP contribution >= 0.6 is 15.6 Å². The summed E-state index contributed by atoms with van der Waals surface area (Å²) in [6.07, 6.45) is -15.8. The number of piperidine rings is 1. The number of carboxylic acid groups (broad SMARTS) is 3. The first-order valence-corrected chi connectivity index (χ1v) is 26.1. The van der Waals surface area contributed by atoms with Crippen molar-refractivity contribution in [3.05, 3.63) is 12.7 Å². The summed E-state index contributed by atoms with van der Waals surface area (Å²) >= 11 is 0. The number of ether oxygens (including phenoxy) is 1. The fourth-order valence-corrected chi connectivity index (χ4v) is 11.0. The number of carbonyl (C=O) groups excluding carboxylic acids is 4. The second kappa shape index (κ2) is 24.7. The molecule has 5 heterocycles. The molecule has 2 aromatic heterocycles. The fraction of sp³-hybridized carbons (Fsp3) is 0.692. The van der Waals surface area contributed by atoms with Gasteiger partial charge in [-0.2, -0.15) is 0 Å². The number of imidazole rings is 1. The molecule has 17 atom stereocenters. The summed E-state index contributed by atoms with van der Waals surface area (Å²) in [6, 6.07) is -5.09. The molecule has 6 rings (SSSR count). The monoisotopic (exact) mass is 1110 g/mol. The summed E-state index contributed by atoms with van der Waals surface area (Å²) in [5.41, 5.74) is 6.20. The molecule has 3 aliphatic heterocycles. The second-order valence-corrected chi connectivity index (χ2v) is 21.0. The molecule has 418 valence electrons. The lowest BCUT2D eigenvalue weighted by Gasteiger charge is -2.54. The van der Waals surface area contributed by atoms with Crippen LogP contribution in [0.2, 0.25) is 0 Å². The van der Waals surface area contributed by atoms with Gasteiger partial charge in [0.25, 0.3) is 0 Å². The number of urea groups is 1. The zero-order valence-corrected chi connectivity index (χ0v) is 41.3. The third-order valence-electron chi connectivity index (χ3n) is 13.0. The molecule has 36 heteroatoms. The highest BCUT2D eigenvalue weighted by molar-refractivity contribution is 7.47. The minimum Gasteiger partial charge on any atom is -0.481 e. The zero-order chi connectivity index (χ0) is 55.3. The van der Waals surface area contributed by atoms with E-state index in [0.717, 1.165) is 13.3 Å². The molecule has 5 amide bonds. The SMILES string of the molecule is CC(OP(=O)(O)OCC(O)C(O)C(O)CN1C2CC(OP(=O)(O)OCC3OC(n4cnc5c(N)ncnc54)C(O)C3O)CCC2CC2C(=O)NC(=O)NC21)C(=O)NC(CCC(=O)NC(CCC(=O)O)C(=O)O)C(=O)O. The molecule has 0 bridgehead atoms. The van der Waals surface area contributed by atoms with E-state index in [4.69, 9.17) is 33.7 Å². The molecule has 0 spiro atoms. The number of aliphatic hydroxyl groups excluding tert-OH is 5. The molecule has 1 aliphatic carbocycles. The average Bonchev–Trinajstić information content (AvgIpc) is 3.89. The van der Waals surface area contributed by atoms with Gasteiger partial charge in [-0.25, -0.2) is 38.5 Å². The topological polar surface area (TPSA) is 523 Å². The Labute approximate surface area is 423 Å². The fourth-order valence-electron chi connectivity index (χ4n) is 9.18. The van der Waals surface area contributed by atoms with Crippen molar-refractivity contribution < 1.29 is 116 Å². The van der Waals surface area contributed by atoms with Crippen molar-refractivity contribution in [2.45, 2.75) is 138 Å². The highest BCUT2D eigenvalue weighted by atomic mass is 31.2. The summed E-state index contributed by atoms with van der Waals surface area (Å²) < 4.78 is 53.5. The highest BCUT2D eigenvalue weighted by Gasteiger charge is 2.52. The molecule has 75 heavy (non-hydrogen) atoms. The van der Waals surface area contributed by atoms with Crippen molar-refractivity contribution in [3.8, 4) is 0 Å². The van der Waals surface area contributed by atoms with Crippen LogP contribution in [0, 0.1) is 11.8 Å². The summed E-state index contributed by atoms with van der Waals surface area (Å²) in [4.78, 5) is 119. The Bertz CT molecular complexity index is 2540. The van der Waals surface area contributed by atoms with Crippen LogP contribution in [-0.4, -0.2) is 210 Å². The maximum Gasteiger partial charge on any atom is 0.473 e. The standard InChI is InChI=1S/C39H58N10O24P2/c1-15(34(58)45-20(38(62)63)4-6-25(52)44-19(37(60)61)5-7-26(53)54)72-74(65,66)69-11-23(51)28(55)22(50)10-48-21-9-17(3-2-16(21)8-18-32(48)46-39(64)47-35(18)59)73-75(67,68)70-12-24-29(56)30(57)36(71-24)49-14-43-27-31(40)41-13-42-33(27)49/h13-24,28-30,32,36,50-51,55-57H,2-12H2,1H3,(H,44,52)(H,45,58)(H,53,54)(H,60,61)(H,62,63)(H,65,66)(H,67,68)(H2,40,41,42)(H2,46,47,59,64). The Hall–Kier alpha value is -5.42. The van der Waals surface area contributed by atoms with Gasteiger partial charge in [-0.05, 0) is 51.4 Å². The Balaban J connectivity index is 1.02. The summed E-state index contributed by atoms with van der Waals surface area (Å²) in [5.74, 6) is -8.77. The van der Waals surface area contributed by atoms with E-state index in [1.54, 1.807) is 0 Å². The Morgan fingerprint density at radius 2 is 1.59 bits per heavy atom. The van der Waals surface area contributed by atoms with Crippen LogP contribution in [-0.2, 0) is 60.7 Å². The quantitative estimate of drug-likeness (QED) is 0.0395. The first-order chi connectivity index (χ1) is 35.1. The van der Waals surface area contributed by atoms with Crippen LogP contribution in [0.5, 0.6) is 0 Å². The molecule has 4 fully saturated rings. The van der Waals surface area contributed by atoms with Gasteiger partial charge < -0.3 is 77.1 Å². The van der Waals surface area contributed by atoms with Crippen LogP contribution in [0.15, 0.2) is 12.7 Å². The number of imide groups is 1. The lowest BCUT2D eigenvalue weighted by atomic mass is 9.72. The number of nitrogen functional groups attached to an aromatic ring is 1. The van der Waals surface area contributed by atoms with Gasteiger partial charge in [-0.3, -0.25) is 52.1 Å². The largest absolute Gasteiger partial charge is 0.481 e. The molecule has 0 aromatic carbocycles. The van der Waals surface area contributed by atoms with Crippen molar-refractivity contribution in [2.24, 2.45) is 11.8 Å².